The molecule has 0 radical (unpaired) electrons. The smallest absolute Gasteiger partial charge is 0.229 e. The second kappa shape index (κ2) is 6.53. The Morgan fingerprint density at radius 1 is 1.24 bits per heavy atom. The zero-order valence-corrected chi connectivity index (χ0v) is 14.6. The fourth-order valence-corrected chi connectivity index (χ4v) is 4.31. The lowest BCUT2D eigenvalue weighted by atomic mass is 9.70. The second-order valence-corrected chi connectivity index (χ2v) is 8.02. The molecule has 7 nitrogen and oxygen atoms in total. The third kappa shape index (κ3) is 3.62. The minimum absolute atomic E-state index is 0.278. The van der Waals surface area contributed by atoms with Crippen LogP contribution >= 0.6 is 0 Å². The van der Waals surface area contributed by atoms with Crippen molar-refractivity contribution in [1.82, 2.24) is 19.8 Å². The first-order chi connectivity index (χ1) is 12.0. The summed E-state index contributed by atoms with van der Waals surface area (Å²) in [5.74, 6) is 1.23. The number of carbonyl (C=O) groups excluding carboxylic acids is 1. The Morgan fingerprint density at radius 3 is 2.56 bits per heavy atom. The van der Waals surface area contributed by atoms with Gasteiger partial charge in [-0.15, -0.1) is 0 Å². The fourth-order valence-electron chi connectivity index (χ4n) is 4.31. The number of carbonyl (C=O) groups is 1. The highest BCUT2D eigenvalue weighted by Gasteiger charge is 2.49. The van der Waals surface area contributed by atoms with Gasteiger partial charge in [-0.2, -0.15) is 0 Å². The summed E-state index contributed by atoms with van der Waals surface area (Å²) in [6.07, 6.45) is 7.85. The van der Waals surface area contributed by atoms with E-state index in [-0.39, 0.29) is 17.4 Å². The molecular formula is C18H27N5O2. The Hall–Kier alpha value is -1.73. The van der Waals surface area contributed by atoms with Crippen LogP contribution in [0.4, 0.5) is 5.95 Å². The van der Waals surface area contributed by atoms with Crippen LogP contribution in [0.3, 0.4) is 0 Å². The summed E-state index contributed by atoms with van der Waals surface area (Å²) >= 11 is 0. The Kier molecular flexibility index (Phi) is 4.37. The molecule has 3 aliphatic rings. The van der Waals surface area contributed by atoms with E-state index in [1.165, 1.54) is 12.8 Å². The number of hydrogen-bond acceptors (Lipinski definition) is 6. The predicted molar refractivity (Wildman–Crippen MR) is 93.3 cm³/mol. The number of nitrogens with two attached hydrogens (primary N) is 1. The van der Waals surface area contributed by atoms with Gasteiger partial charge in [0, 0.05) is 37.6 Å². The van der Waals surface area contributed by atoms with Gasteiger partial charge in [0.1, 0.15) is 0 Å². The molecule has 1 aliphatic carbocycles. The van der Waals surface area contributed by atoms with Crippen LogP contribution in [-0.2, 0) is 11.3 Å². The number of hydrogen-bond donors (Lipinski definition) is 2. The van der Waals surface area contributed by atoms with Gasteiger partial charge in [0.2, 0.25) is 11.9 Å². The number of aliphatic hydroxyl groups is 1. The molecule has 0 aromatic carbocycles. The van der Waals surface area contributed by atoms with Gasteiger partial charge < -0.3 is 15.7 Å². The number of rotatable bonds is 4. The fraction of sp³-hybridized carbons (Fsp3) is 0.722. The standard InChI is InChI=1S/C18H27N5O2/c19-17-20-8-14(9-21-17)10-22-5-3-18(4-6-22)7-15(24)12-23(16(18)25)11-13-1-2-13/h8-9,13,15,24H,1-7,10-12H2,(H2,19,20,21). The highest BCUT2D eigenvalue weighted by atomic mass is 16.3. The number of piperidine rings is 2. The van der Waals surface area contributed by atoms with Crippen molar-refractivity contribution in [2.75, 3.05) is 31.9 Å². The maximum atomic E-state index is 13.1. The number of amides is 1. The van der Waals surface area contributed by atoms with Crippen LogP contribution in [0.5, 0.6) is 0 Å². The summed E-state index contributed by atoms with van der Waals surface area (Å²) in [7, 11) is 0. The normalized spacial score (nSPS) is 27.0. The molecule has 7 heteroatoms. The Balaban J connectivity index is 1.38. The SMILES string of the molecule is Nc1ncc(CN2CCC3(CC2)CC(O)CN(CC2CC2)C3=O)cn1. The Labute approximate surface area is 148 Å². The maximum Gasteiger partial charge on any atom is 0.229 e. The van der Waals surface area contributed by atoms with Crippen LogP contribution in [0.1, 0.15) is 37.7 Å². The summed E-state index contributed by atoms with van der Waals surface area (Å²) in [5, 5.41) is 10.3. The van der Waals surface area contributed by atoms with Crippen LogP contribution < -0.4 is 5.73 Å². The first kappa shape index (κ1) is 16.7. The number of aliphatic hydroxyl groups excluding tert-OH is 1. The lowest BCUT2D eigenvalue weighted by molar-refractivity contribution is -0.157. The minimum atomic E-state index is -0.381. The van der Waals surface area contributed by atoms with E-state index in [9.17, 15) is 9.90 Å². The van der Waals surface area contributed by atoms with Gasteiger partial charge in [-0.3, -0.25) is 9.69 Å². The molecule has 1 atom stereocenters. The second-order valence-electron chi connectivity index (χ2n) is 8.02. The highest BCUT2D eigenvalue weighted by Crippen LogP contribution is 2.42. The Bertz CT molecular complexity index is 621. The molecule has 2 saturated heterocycles. The first-order valence-corrected chi connectivity index (χ1v) is 9.30. The molecule has 4 rings (SSSR count). The number of likely N-dealkylation sites (tertiary alicyclic amines) is 2. The molecule has 1 saturated carbocycles. The minimum Gasteiger partial charge on any atom is -0.391 e. The van der Waals surface area contributed by atoms with Gasteiger partial charge in [0.05, 0.1) is 11.5 Å². The predicted octanol–water partition coefficient (Wildman–Crippen LogP) is 0.644. The van der Waals surface area contributed by atoms with Crippen molar-refractivity contribution in [3.8, 4) is 0 Å². The molecule has 136 valence electrons. The quantitative estimate of drug-likeness (QED) is 0.832. The third-order valence-corrected chi connectivity index (χ3v) is 5.92. The van der Waals surface area contributed by atoms with Gasteiger partial charge in [-0.05, 0) is 51.1 Å². The van der Waals surface area contributed by atoms with Crippen molar-refractivity contribution in [3.05, 3.63) is 18.0 Å². The van der Waals surface area contributed by atoms with Gasteiger partial charge in [-0.25, -0.2) is 9.97 Å². The monoisotopic (exact) mass is 345 g/mol. The van der Waals surface area contributed by atoms with E-state index in [0.717, 1.165) is 44.6 Å². The van der Waals surface area contributed by atoms with Crippen molar-refractivity contribution < 1.29 is 9.90 Å². The van der Waals surface area contributed by atoms with E-state index in [4.69, 9.17) is 5.73 Å². The van der Waals surface area contributed by atoms with Crippen molar-refractivity contribution in [3.63, 3.8) is 0 Å². The number of nitrogens with zero attached hydrogens (tertiary/aromatic N) is 4. The average Bonchev–Trinajstić information content (AvgIpc) is 3.41. The van der Waals surface area contributed by atoms with Gasteiger partial charge >= 0.3 is 0 Å². The van der Waals surface area contributed by atoms with E-state index in [1.54, 1.807) is 12.4 Å². The Morgan fingerprint density at radius 2 is 1.92 bits per heavy atom. The molecule has 1 aromatic heterocycles. The van der Waals surface area contributed by atoms with Crippen molar-refractivity contribution in [2.45, 2.75) is 44.8 Å². The average molecular weight is 345 g/mol. The number of nitrogen functional groups attached to an aromatic ring is 1. The molecule has 3 heterocycles. The van der Waals surface area contributed by atoms with Crippen molar-refractivity contribution in [2.24, 2.45) is 11.3 Å². The maximum absolute atomic E-state index is 13.1. The van der Waals surface area contributed by atoms with Gasteiger partial charge in [0.25, 0.3) is 0 Å². The highest BCUT2D eigenvalue weighted by molar-refractivity contribution is 5.84. The van der Waals surface area contributed by atoms with Crippen LogP contribution in [0.2, 0.25) is 0 Å². The van der Waals surface area contributed by atoms with E-state index < -0.39 is 0 Å². The van der Waals surface area contributed by atoms with Crippen molar-refractivity contribution in [1.29, 1.82) is 0 Å². The summed E-state index contributed by atoms with van der Waals surface area (Å²) in [6, 6.07) is 0. The van der Waals surface area contributed by atoms with Gasteiger partial charge in [0.15, 0.2) is 0 Å². The van der Waals surface area contributed by atoms with Gasteiger partial charge in [-0.1, -0.05) is 0 Å². The van der Waals surface area contributed by atoms with E-state index in [0.29, 0.717) is 24.8 Å². The molecule has 3 N–H and O–H groups in total. The van der Waals surface area contributed by atoms with Crippen LogP contribution in [0, 0.1) is 11.3 Å². The number of anilines is 1. The zero-order valence-electron chi connectivity index (χ0n) is 14.6. The van der Waals surface area contributed by atoms with Crippen LogP contribution in [0.15, 0.2) is 12.4 Å². The largest absolute Gasteiger partial charge is 0.391 e. The lowest BCUT2D eigenvalue weighted by Gasteiger charge is -2.48. The topological polar surface area (TPSA) is 95.6 Å². The third-order valence-electron chi connectivity index (χ3n) is 5.92. The lowest BCUT2D eigenvalue weighted by Crippen LogP contribution is -2.57. The number of β-amino-alcohol motifs (C(OH)–C–C–N with tert-alkyl or cyclic N) is 1. The van der Waals surface area contributed by atoms with Crippen molar-refractivity contribution >= 4 is 11.9 Å². The summed E-state index contributed by atoms with van der Waals surface area (Å²) in [6.45, 7) is 3.85. The van der Waals surface area contributed by atoms with Crippen LogP contribution in [-0.4, -0.2) is 63.1 Å². The first-order valence-electron chi connectivity index (χ1n) is 9.30. The molecule has 1 unspecified atom stereocenters. The van der Waals surface area contributed by atoms with E-state index in [1.807, 2.05) is 4.90 Å². The molecule has 1 aromatic rings. The molecule has 2 aliphatic heterocycles. The molecule has 25 heavy (non-hydrogen) atoms. The molecule has 3 fully saturated rings. The molecule has 1 spiro atoms. The number of aromatic nitrogens is 2. The molecular weight excluding hydrogens is 318 g/mol. The molecule has 0 bridgehead atoms. The van der Waals surface area contributed by atoms with E-state index >= 15 is 0 Å². The zero-order chi connectivity index (χ0) is 17.4. The summed E-state index contributed by atoms with van der Waals surface area (Å²) < 4.78 is 0. The molecule has 1 amide bonds. The van der Waals surface area contributed by atoms with E-state index in [2.05, 4.69) is 14.9 Å². The summed E-state index contributed by atoms with van der Waals surface area (Å²) in [4.78, 5) is 25.4. The summed E-state index contributed by atoms with van der Waals surface area (Å²) in [5.41, 5.74) is 6.21. The van der Waals surface area contributed by atoms with Crippen LogP contribution in [0.25, 0.3) is 0 Å².